The van der Waals surface area contributed by atoms with E-state index in [0.29, 0.717) is 5.02 Å². The van der Waals surface area contributed by atoms with Crippen LogP contribution in [-0.2, 0) is 11.2 Å². The fraction of sp³-hybridized carbons (Fsp3) is 0.250. The molecule has 0 radical (unpaired) electrons. The van der Waals surface area contributed by atoms with E-state index in [1.807, 2.05) is 24.3 Å². The molecule has 0 bridgehead atoms. The molecule has 0 aromatic heterocycles. The van der Waals surface area contributed by atoms with Crippen molar-refractivity contribution >= 4 is 23.2 Å². The van der Waals surface area contributed by atoms with E-state index >= 15 is 0 Å². The molecule has 0 heterocycles. The molecule has 1 atom stereocenters. The van der Waals surface area contributed by atoms with Gasteiger partial charge >= 0.3 is 0 Å². The zero-order valence-electron chi connectivity index (χ0n) is 10.8. The van der Waals surface area contributed by atoms with Crippen molar-refractivity contribution < 1.29 is 4.74 Å². The standard InChI is InChI=1S/C16H16Cl2O/c1-19-10-9-12-5-7-13(8-6-12)16(18)14-3-2-4-15(17)11-14/h2-8,11,16H,9-10H2,1H3. The Bertz CT molecular complexity index is 523. The van der Waals surface area contributed by atoms with Crippen LogP contribution in [0.2, 0.25) is 5.02 Å². The quantitative estimate of drug-likeness (QED) is 0.716. The van der Waals surface area contributed by atoms with Crippen LogP contribution in [-0.4, -0.2) is 13.7 Å². The van der Waals surface area contributed by atoms with E-state index in [2.05, 4.69) is 24.3 Å². The summed E-state index contributed by atoms with van der Waals surface area (Å²) in [5, 5.41) is 0.537. The zero-order valence-corrected chi connectivity index (χ0v) is 12.3. The van der Waals surface area contributed by atoms with Gasteiger partial charge in [0.25, 0.3) is 0 Å². The number of ether oxygens (including phenoxy) is 1. The first kappa shape index (κ1) is 14.4. The highest BCUT2D eigenvalue weighted by atomic mass is 35.5. The Hall–Kier alpha value is -1.02. The number of rotatable bonds is 5. The molecule has 0 fully saturated rings. The van der Waals surface area contributed by atoms with Gasteiger partial charge < -0.3 is 4.74 Å². The summed E-state index contributed by atoms with van der Waals surface area (Å²) in [6, 6.07) is 16.0. The van der Waals surface area contributed by atoms with Crippen molar-refractivity contribution in [3.63, 3.8) is 0 Å². The van der Waals surface area contributed by atoms with Crippen LogP contribution in [0.25, 0.3) is 0 Å². The van der Waals surface area contributed by atoms with Crippen molar-refractivity contribution in [2.24, 2.45) is 0 Å². The van der Waals surface area contributed by atoms with Crippen LogP contribution in [0.1, 0.15) is 22.1 Å². The average molecular weight is 295 g/mol. The normalized spacial score (nSPS) is 12.4. The van der Waals surface area contributed by atoms with Gasteiger partial charge in [-0.15, -0.1) is 11.6 Å². The Morgan fingerprint density at radius 2 is 1.79 bits per heavy atom. The van der Waals surface area contributed by atoms with E-state index in [9.17, 15) is 0 Å². The third-order valence-electron chi connectivity index (χ3n) is 3.01. The molecule has 2 rings (SSSR count). The molecule has 0 aliphatic carbocycles. The third kappa shape index (κ3) is 3.97. The first-order valence-electron chi connectivity index (χ1n) is 6.18. The second kappa shape index (κ2) is 6.95. The maximum absolute atomic E-state index is 6.48. The van der Waals surface area contributed by atoms with E-state index in [1.54, 1.807) is 7.11 Å². The molecule has 0 N–H and O–H groups in total. The van der Waals surface area contributed by atoms with Crippen molar-refractivity contribution in [2.75, 3.05) is 13.7 Å². The van der Waals surface area contributed by atoms with Crippen LogP contribution in [0.15, 0.2) is 48.5 Å². The zero-order chi connectivity index (χ0) is 13.7. The lowest BCUT2D eigenvalue weighted by atomic mass is 10.0. The molecule has 0 aliphatic rings. The molecule has 1 unspecified atom stereocenters. The van der Waals surface area contributed by atoms with Crippen molar-refractivity contribution in [2.45, 2.75) is 11.8 Å². The fourth-order valence-electron chi connectivity index (χ4n) is 1.93. The van der Waals surface area contributed by atoms with Crippen molar-refractivity contribution in [1.29, 1.82) is 0 Å². The van der Waals surface area contributed by atoms with Gasteiger partial charge in [0.05, 0.1) is 12.0 Å². The Kier molecular flexibility index (Phi) is 5.26. The van der Waals surface area contributed by atoms with Crippen LogP contribution in [0.4, 0.5) is 0 Å². The monoisotopic (exact) mass is 294 g/mol. The number of hydrogen-bond acceptors (Lipinski definition) is 1. The maximum atomic E-state index is 6.48. The SMILES string of the molecule is COCCc1ccc(C(Cl)c2cccc(Cl)c2)cc1. The van der Waals surface area contributed by atoms with E-state index in [-0.39, 0.29) is 5.38 Å². The van der Waals surface area contributed by atoms with Gasteiger partial charge in [0, 0.05) is 12.1 Å². The smallest absolute Gasteiger partial charge is 0.0835 e. The summed E-state index contributed by atoms with van der Waals surface area (Å²) in [6.45, 7) is 0.734. The highest BCUT2D eigenvalue weighted by molar-refractivity contribution is 6.30. The molecule has 0 aliphatic heterocycles. The second-order valence-corrected chi connectivity index (χ2v) is 5.27. The van der Waals surface area contributed by atoms with E-state index in [4.69, 9.17) is 27.9 Å². The lowest BCUT2D eigenvalue weighted by Gasteiger charge is -2.11. The first-order chi connectivity index (χ1) is 9.20. The molecule has 19 heavy (non-hydrogen) atoms. The number of alkyl halides is 1. The predicted molar refractivity (Wildman–Crippen MR) is 81.2 cm³/mol. The molecule has 0 spiro atoms. The predicted octanol–water partition coefficient (Wildman–Crippen LogP) is 4.86. The lowest BCUT2D eigenvalue weighted by Crippen LogP contribution is -1.96. The Balaban J connectivity index is 2.13. The summed E-state index contributed by atoms with van der Waals surface area (Å²) in [5.74, 6) is 0. The number of halogens is 2. The number of benzene rings is 2. The molecular weight excluding hydrogens is 279 g/mol. The third-order valence-corrected chi connectivity index (χ3v) is 3.75. The van der Waals surface area contributed by atoms with Crippen molar-refractivity contribution in [3.8, 4) is 0 Å². The van der Waals surface area contributed by atoms with Gasteiger partial charge in [-0.2, -0.15) is 0 Å². The lowest BCUT2D eigenvalue weighted by molar-refractivity contribution is 0.202. The molecule has 2 aromatic rings. The summed E-state index contributed by atoms with van der Waals surface area (Å²) >= 11 is 12.5. The van der Waals surface area contributed by atoms with E-state index < -0.39 is 0 Å². The van der Waals surface area contributed by atoms with Crippen molar-refractivity contribution in [3.05, 3.63) is 70.2 Å². The Morgan fingerprint density at radius 3 is 2.42 bits per heavy atom. The van der Waals surface area contributed by atoms with Gasteiger partial charge in [0.15, 0.2) is 0 Å². The van der Waals surface area contributed by atoms with Gasteiger partial charge in [-0.25, -0.2) is 0 Å². The second-order valence-electron chi connectivity index (χ2n) is 4.40. The largest absolute Gasteiger partial charge is 0.384 e. The molecule has 3 heteroatoms. The molecule has 2 aromatic carbocycles. The molecule has 1 nitrogen and oxygen atoms in total. The van der Waals surface area contributed by atoms with Gasteiger partial charge in [0.2, 0.25) is 0 Å². The molecule has 0 saturated heterocycles. The fourth-order valence-corrected chi connectivity index (χ4v) is 2.41. The van der Waals surface area contributed by atoms with Crippen LogP contribution in [0.5, 0.6) is 0 Å². The summed E-state index contributed by atoms with van der Waals surface area (Å²) < 4.78 is 5.07. The van der Waals surface area contributed by atoms with Crippen LogP contribution >= 0.6 is 23.2 Å². The van der Waals surface area contributed by atoms with Crippen LogP contribution < -0.4 is 0 Å². The maximum Gasteiger partial charge on any atom is 0.0835 e. The van der Waals surface area contributed by atoms with Gasteiger partial charge in [-0.3, -0.25) is 0 Å². The summed E-state index contributed by atoms with van der Waals surface area (Å²) in [5.41, 5.74) is 3.34. The minimum atomic E-state index is -0.171. The topological polar surface area (TPSA) is 9.23 Å². The van der Waals surface area contributed by atoms with Gasteiger partial charge in [0.1, 0.15) is 0 Å². The van der Waals surface area contributed by atoms with E-state index in [1.165, 1.54) is 5.56 Å². The molecular formula is C16H16Cl2O. The number of methoxy groups -OCH3 is 1. The Morgan fingerprint density at radius 1 is 1.05 bits per heavy atom. The van der Waals surface area contributed by atoms with Crippen molar-refractivity contribution in [1.82, 2.24) is 0 Å². The average Bonchev–Trinajstić information content (AvgIpc) is 2.45. The number of hydrogen-bond donors (Lipinski definition) is 0. The summed E-state index contributed by atoms with van der Waals surface area (Å²) in [4.78, 5) is 0. The van der Waals surface area contributed by atoms with Crippen LogP contribution in [0.3, 0.4) is 0 Å². The molecule has 0 amide bonds. The first-order valence-corrected chi connectivity index (χ1v) is 6.99. The molecule has 0 saturated carbocycles. The van der Waals surface area contributed by atoms with Gasteiger partial charge in [-0.1, -0.05) is 48.0 Å². The highest BCUT2D eigenvalue weighted by Crippen LogP contribution is 2.30. The summed E-state index contributed by atoms with van der Waals surface area (Å²) in [6.07, 6.45) is 0.918. The van der Waals surface area contributed by atoms with Crippen LogP contribution in [0, 0.1) is 0 Å². The molecule has 100 valence electrons. The minimum absolute atomic E-state index is 0.171. The highest BCUT2D eigenvalue weighted by Gasteiger charge is 2.10. The minimum Gasteiger partial charge on any atom is -0.384 e. The van der Waals surface area contributed by atoms with E-state index in [0.717, 1.165) is 24.2 Å². The summed E-state index contributed by atoms with van der Waals surface area (Å²) in [7, 11) is 1.71. The van der Waals surface area contributed by atoms with Gasteiger partial charge in [-0.05, 0) is 35.2 Å². The Labute approximate surface area is 124 Å².